The zero-order valence-electron chi connectivity index (χ0n) is 9.89. The fourth-order valence-electron chi connectivity index (χ4n) is 3.17. The Bertz CT molecular complexity index is 378. The minimum absolute atomic E-state index is 0.0219. The number of ether oxygens (including phenoxy) is 1. The van der Waals surface area contributed by atoms with E-state index in [1.807, 2.05) is 0 Å². The van der Waals surface area contributed by atoms with Crippen molar-refractivity contribution in [3.63, 3.8) is 0 Å². The molecule has 6 heteroatoms. The highest BCUT2D eigenvalue weighted by atomic mass is 32.2. The van der Waals surface area contributed by atoms with Crippen molar-refractivity contribution in [2.75, 3.05) is 13.1 Å². The molecule has 3 aliphatic heterocycles. The third kappa shape index (κ3) is 2.36. The van der Waals surface area contributed by atoms with Gasteiger partial charge >= 0.3 is 0 Å². The third-order valence-corrected chi connectivity index (χ3v) is 6.13. The van der Waals surface area contributed by atoms with Crippen LogP contribution in [0.4, 0.5) is 0 Å². The number of hydrogen-bond donors (Lipinski definition) is 2. The van der Waals surface area contributed by atoms with Gasteiger partial charge in [-0.15, -0.1) is 0 Å². The zero-order chi connectivity index (χ0) is 11.9. The van der Waals surface area contributed by atoms with Crippen LogP contribution in [0.25, 0.3) is 0 Å². The maximum atomic E-state index is 12.2. The van der Waals surface area contributed by atoms with Gasteiger partial charge in [-0.25, -0.2) is 13.1 Å². The van der Waals surface area contributed by atoms with Gasteiger partial charge in [-0.05, 0) is 45.2 Å². The van der Waals surface area contributed by atoms with Crippen molar-refractivity contribution >= 4 is 10.0 Å². The number of hydrogen-bond acceptors (Lipinski definition) is 4. The summed E-state index contributed by atoms with van der Waals surface area (Å²) in [6.45, 7) is 1.61. The van der Waals surface area contributed by atoms with Crippen LogP contribution in [-0.4, -0.2) is 45.0 Å². The van der Waals surface area contributed by atoms with Crippen LogP contribution in [-0.2, 0) is 14.8 Å². The Morgan fingerprint density at radius 1 is 1.12 bits per heavy atom. The second-order valence-electron chi connectivity index (χ2n) is 5.33. The Labute approximate surface area is 102 Å². The van der Waals surface area contributed by atoms with Gasteiger partial charge in [0.1, 0.15) is 0 Å². The third-order valence-electron chi connectivity index (χ3n) is 4.15. The molecule has 98 valence electrons. The van der Waals surface area contributed by atoms with Crippen LogP contribution >= 0.6 is 0 Å². The van der Waals surface area contributed by atoms with Crippen molar-refractivity contribution in [1.29, 1.82) is 0 Å². The topological polar surface area (TPSA) is 67.4 Å². The van der Waals surface area contributed by atoms with Crippen LogP contribution in [0.2, 0.25) is 0 Å². The molecular weight excluding hydrogens is 240 g/mol. The van der Waals surface area contributed by atoms with Crippen LogP contribution in [0.3, 0.4) is 0 Å². The fraction of sp³-hybridized carbons (Fsp3) is 1.00. The fourth-order valence-corrected chi connectivity index (χ4v) is 4.89. The lowest BCUT2D eigenvalue weighted by atomic mass is 9.96. The summed E-state index contributed by atoms with van der Waals surface area (Å²) in [7, 11) is -3.16. The van der Waals surface area contributed by atoms with E-state index < -0.39 is 10.0 Å². The van der Waals surface area contributed by atoms with Gasteiger partial charge in [0, 0.05) is 0 Å². The van der Waals surface area contributed by atoms with Gasteiger partial charge < -0.3 is 10.1 Å². The monoisotopic (exact) mass is 260 g/mol. The standard InChI is InChI=1S/C11H20N2O3S/c14-17(15,9-3-5-12-6-4-9)13-10-7-8-1-2-11(10)16-8/h8-13H,1-7H2. The van der Waals surface area contributed by atoms with Crippen LogP contribution < -0.4 is 10.0 Å². The molecule has 3 unspecified atom stereocenters. The van der Waals surface area contributed by atoms with Gasteiger partial charge in [-0.1, -0.05) is 0 Å². The number of rotatable bonds is 3. The van der Waals surface area contributed by atoms with E-state index in [0.717, 1.165) is 45.2 Å². The van der Waals surface area contributed by atoms with Gasteiger partial charge in [0.2, 0.25) is 10.0 Å². The molecule has 0 aliphatic carbocycles. The first-order chi connectivity index (χ1) is 8.15. The summed E-state index contributed by atoms with van der Waals surface area (Å²) < 4.78 is 33.0. The molecule has 0 aromatic rings. The first-order valence-electron chi connectivity index (χ1n) is 6.52. The van der Waals surface area contributed by atoms with Crippen LogP contribution in [0, 0.1) is 0 Å². The summed E-state index contributed by atoms with van der Waals surface area (Å²) >= 11 is 0. The van der Waals surface area contributed by atoms with Gasteiger partial charge in [-0.2, -0.15) is 0 Å². The SMILES string of the molecule is O=S(=O)(NC1CC2CCC1O2)C1CCNCC1. The highest BCUT2D eigenvalue weighted by Gasteiger charge is 2.43. The molecule has 0 aromatic heterocycles. The van der Waals surface area contributed by atoms with Crippen molar-refractivity contribution < 1.29 is 13.2 Å². The van der Waals surface area contributed by atoms with E-state index in [-0.39, 0.29) is 17.4 Å². The van der Waals surface area contributed by atoms with Crippen molar-refractivity contribution in [2.45, 2.75) is 55.6 Å². The maximum absolute atomic E-state index is 12.2. The smallest absolute Gasteiger partial charge is 0.214 e. The van der Waals surface area contributed by atoms with Crippen molar-refractivity contribution in [3.8, 4) is 0 Å². The van der Waals surface area contributed by atoms with E-state index in [1.165, 1.54) is 0 Å². The predicted molar refractivity (Wildman–Crippen MR) is 64.2 cm³/mol. The number of piperidine rings is 1. The first-order valence-corrected chi connectivity index (χ1v) is 8.07. The predicted octanol–water partition coefficient (Wildman–Crippen LogP) is -0.0223. The summed E-state index contributed by atoms with van der Waals surface area (Å²) in [6.07, 6.45) is 4.81. The molecule has 3 saturated heterocycles. The zero-order valence-corrected chi connectivity index (χ0v) is 10.7. The summed E-state index contributed by atoms with van der Waals surface area (Å²) in [5.74, 6) is 0. The molecule has 0 radical (unpaired) electrons. The summed E-state index contributed by atoms with van der Waals surface area (Å²) in [5.41, 5.74) is 0. The molecule has 0 saturated carbocycles. The highest BCUT2D eigenvalue weighted by molar-refractivity contribution is 7.90. The second-order valence-corrected chi connectivity index (χ2v) is 7.32. The van der Waals surface area contributed by atoms with Gasteiger partial charge in [-0.3, -0.25) is 0 Å². The molecule has 5 nitrogen and oxygen atoms in total. The molecule has 3 atom stereocenters. The minimum Gasteiger partial charge on any atom is -0.373 e. The van der Waals surface area contributed by atoms with E-state index in [2.05, 4.69) is 10.0 Å². The lowest BCUT2D eigenvalue weighted by Crippen LogP contribution is -2.48. The molecule has 3 rings (SSSR count). The summed E-state index contributed by atoms with van der Waals surface area (Å²) in [5, 5.41) is 2.97. The average Bonchev–Trinajstić information content (AvgIpc) is 2.91. The van der Waals surface area contributed by atoms with E-state index in [1.54, 1.807) is 0 Å². The molecule has 0 spiro atoms. The average molecular weight is 260 g/mol. The van der Waals surface area contributed by atoms with E-state index in [9.17, 15) is 8.42 Å². The molecule has 0 aromatic carbocycles. The first kappa shape index (κ1) is 11.9. The van der Waals surface area contributed by atoms with Gasteiger partial charge in [0.05, 0.1) is 23.5 Å². The van der Waals surface area contributed by atoms with E-state index in [4.69, 9.17) is 4.74 Å². The molecule has 2 N–H and O–H groups in total. The van der Waals surface area contributed by atoms with Crippen LogP contribution in [0.5, 0.6) is 0 Å². The van der Waals surface area contributed by atoms with Crippen molar-refractivity contribution in [1.82, 2.24) is 10.0 Å². The Morgan fingerprint density at radius 3 is 2.47 bits per heavy atom. The lowest BCUT2D eigenvalue weighted by Gasteiger charge is -2.26. The molecule has 3 fully saturated rings. The van der Waals surface area contributed by atoms with E-state index in [0.29, 0.717) is 6.10 Å². The minimum atomic E-state index is -3.16. The largest absolute Gasteiger partial charge is 0.373 e. The van der Waals surface area contributed by atoms with E-state index >= 15 is 0 Å². The molecule has 3 aliphatic rings. The Balaban J connectivity index is 1.63. The quantitative estimate of drug-likeness (QED) is 0.748. The summed E-state index contributed by atoms with van der Waals surface area (Å²) in [6, 6.07) is 0.0219. The number of fused-ring (bicyclic) bond motifs is 2. The van der Waals surface area contributed by atoms with Crippen LogP contribution in [0.15, 0.2) is 0 Å². The Kier molecular flexibility index (Phi) is 3.15. The lowest BCUT2D eigenvalue weighted by molar-refractivity contribution is 0.0995. The number of sulfonamides is 1. The van der Waals surface area contributed by atoms with Gasteiger partial charge in [0.25, 0.3) is 0 Å². The number of nitrogens with one attached hydrogen (secondary N) is 2. The Morgan fingerprint density at radius 2 is 1.88 bits per heavy atom. The molecule has 2 bridgehead atoms. The molecular formula is C11H20N2O3S. The van der Waals surface area contributed by atoms with Gasteiger partial charge in [0.15, 0.2) is 0 Å². The Hall–Kier alpha value is -0.170. The summed E-state index contributed by atoms with van der Waals surface area (Å²) in [4.78, 5) is 0. The van der Waals surface area contributed by atoms with Crippen molar-refractivity contribution in [2.24, 2.45) is 0 Å². The highest BCUT2D eigenvalue weighted by Crippen LogP contribution is 2.35. The maximum Gasteiger partial charge on any atom is 0.214 e. The van der Waals surface area contributed by atoms with Crippen molar-refractivity contribution in [3.05, 3.63) is 0 Å². The second kappa shape index (κ2) is 4.50. The molecule has 0 amide bonds. The molecule has 17 heavy (non-hydrogen) atoms. The normalized spacial score (nSPS) is 38.7. The molecule has 3 heterocycles. The van der Waals surface area contributed by atoms with Crippen LogP contribution in [0.1, 0.15) is 32.1 Å².